The van der Waals surface area contributed by atoms with Gasteiger partial charge in [0.25, 0.3) is 0 Å². The van der Waals surface area contributed by atoms with Crippen LogP contribution >= 0.6 is 17.0 Å². The van der Waals surface area contributed by atoms with Gasteiger partial charge in [0, 0.05) is 0 Å². The monoisotopic (exact) mass is 594 g/mol. The van der Waals surface area contributed by atoms with E-state index in [1.54, 1.807) is 0 Å². The average Bonchev–Trinajstić information content (AvgIpc) is 3.39. The summed E-state index contributed by atoms with van der Waals surface area (Å²) in [7, 11) is 15.5. The van der Waals surface area contributed by atoms with E-state index in [2.05, 4.69) is 91.8 Å². The Balaban J connectivity index is 1.72. The van der Waals surface area contributed by atoms with Gasteiger partial charge in [-0.15, -0.1) is 0 Å². The van der Waals surface area contributed by atoms with Crippen molar-refractivity contribution in [2.75, 3.05) is 0 Å². The zero-order valence-corrected chi connectivity index (χ0v) is 27.8. The molecule has 0 heterocycles. The first-order valence-electron chi connectivity index (χ1n) is 14.3. The first-order chi connectivity index (χ1) is 16.0. The molecule has 0 N–H and O–H groups in total. The molecule has 35 heavy (non-hydrogen) atoms. The van der Waals surface area contributed by atoms with Gasteiger partial charge in [-0.3, -0.25) is 0 Å². The Morgan fingerprint density at radius 2 is 0.914 bits per heavy atom. The summed E-state index contributed by atoms with van der Waals surface area (Å²) in [6.07, 6.45) is 28.0. The topological polar surface area (TPSA) is 0 Å². The Morgan fingerprint density at radius 3 is 1.20 bits per heavy atom. The number of halogens is 2. The fraction of sp³-hybridized carbons (Fsp3) is 0.750. The molecule has 3 heteroatoms. The molecule has 0 amide bonds. The first-order valence-corrected chi connectivity index (χ1v) is 23.1. The summed E-state index contributed by atoms with van der Waals surface area (Å²) in [6.45, 7) is 19.3. The third-order valence-corrected chi connectivity index (χ3v) is 28.7. The van der Waals surface area contributed by atoms with E-state index in [0.29, 0.717) is 0 Å². The number of rotatable bonds is 4. The summed E-state index contributed by atoms with van der Waals surface area (Å²) >= 11 is -3.83. The summed E-state index contributed by atoms with van der Waals surface area (Å²) in [6, 6.07) is 0. The number of hydrogen-bond donors (Lipinski definition) is 0. The molecule has 0 aliphatic heterocycles. The molecule has 0 aromatic heterocycles. The molecule has 196 valence electrons. The molecule has 0 radical (unpaired) electrons. The van der Waals surface area contributed by atoms with Crippen molar-refractivity contribution in [3.8, 4) is 0 Å². The van der Waals surface area contributed by atoms with Gasteiger partial charge in [0.1, 0.15) is 0 Å². The molecule has 2 atom stereocenters. The second-order valence-electron chi connectivity index (χ2n) is 14.8. The predicted molar refractivity (Wildman–Crippen MR) is 153 cm³/mol. The zero-order chi connectivity index (χ0) is 26.0. The van der Waals surface area contributed by atoms with E-state index in [4.69, 9.17) is 17.0 Å². The van der Waals surface area contributed by atoms with Gasteiger partial charge >= 0.3 is 230 Å². The Hall–Kier alpha value is 0.423. The molecule has 4 aliphatic rings. The van der Waals surface area contributed by atoms with Crippen molar-refractivity contribution in [3.63, 3.8) is 0 Å². The zero-order valence-electron chi connectivity index (χ0n) is 23.8. The van der Waals surface area contributed by atoms with Crippen LogP contribution < -0.4 is 0 Å². The van der Waals surface area contributed by atoms with Crippen LogP contribution in [0.1, 0.15) is 120 Å². The van der Waals surface area contributed by atoms with Crippen LogP contribution in [0, 0.1) is 21.7 Å². The maximum atomic E-state index is 7.74. The third kappa shape index (κ3) is 4.43. The van der Waals surface area contributed by atoms with Crippen LogP contribution in [0.3, 0.4) is 0 Å². The van der Waals surface area contributed by atoms with Gasteiger partial charge in [0.15, 0.2) is 0 Å². The fourth-order valence-electron chi connectivity index (χ4n) is 8.18. The van der Waals surface area contributed by atoms with E-state index in [1.165, 1.54) is 75.4 Å². The van der Waals surface area contributed by atoms with Gasteiger partial charge in [0.2, 0.25) is 0 Å². The predicted octanol–water partition coefficient (Wildman–Crippen LogP) is 11.8. The minimum absolute atomic E-state index is 0.213. The normalized spacial score (nSPS) is 33.1. The van der Waals surface area contributed by atoms with Gasteiger partial charge in [-0.2, -0.15) is 0 Å². The molecule has 0 aromatic carbocycles. The van der Waals surface area contributed by atoms with Crippen LogP contribution in [0.2, 0.25) is 6.25 Å². The Morgan fingerprint density at radius 1 is 0.600 bits per heavy atom. The van der Waals surface area contributed by atoms with Crippen molar-refractivity contribution in [2.24, 2.45) is 21.7 Å². The van der Waals surface area contributed by atoms with E-state index in [-0.39, 0.29) is 27.9 Å². The summed E-state index contributed by atoms with van der Waals surface area (Å²) in [5, 5.41) is 0. The van der Waals surface area contributed by atoms with Crippen molar-refractivity contribution >= 4 is 17.0 Å². The Kier molecular flexibility index (Phi) is 7.53. The molecule has 0 saturated heterocycles. The van der Waals surface area contributed by atoms with Gasteiger partial charge in [-0.1, -0.05) is 0 Å². The first kappa shape index (κ1) is 28.4. The van der Waals surface area contributed by atoms with Crippen molar-refractivity contribution in [1.29, 1.82) is 0 Å². The Bertz CT molecular complexity index is 863. The standard InChI is InChI=1S/2C16H25.2ClH.Zr/c2*1-13-8-9-14(12-13)16(15(2,3)4)10-6-5-7-11-16;;;/h2*8-9,12H,5-7,10-11H2,1-4H3;2*1H;/q;;;;+2/p-2. The SMILES string of the molecule is CC(C)(C)C1(C2=C[C](C)([Zr]([Cl])([Cl])[C]3(C)C=CC(C4(C(C)(C)C)CCCCC4)=C3)C=C2)CCCCC1. The third-order valence-electron chi connectivity index (χ3n) is 10.9. The van der Waals surface area contributed by atoms with Crippen LogP contribution in [0.25, 0.3) is 0 Å². The minimum atomic E-state index is -3.83. The molecule has 4 rings (SSSR count). The van der Waals surface area contributed by atoms with Crippen molar-refractivity contribution in [3.05, 3.63) is 47.6 Å². The van der Waals surface area contributed by atoms with E-state index in [1.807, 2.05) is 0 Å². The number of allylic oxidation sites excluding steroid dienone is 8. The van der Waals surface area contributed by atoms with E-state index < -0.39 is 17.9 Å². The summed E-state index contributed by atoms with van der Waals surface area (Å²) in [5.41, 5.74) is 3.97. The second kappa shape index (κ2) is 9.27. The van der Waals surface area contributed by atoms with E-state index in [9.17, 15) is 0 Å². The van der Waals surface area contributed by atoms with Gasteiger partial charge < -0.3 is 0 Å². The van der Waals surface area contributed by atoms with Crippen LogP contribution in [0.15, 0.2) is 47.6 Å². The van der Waals surface area contributed by atoms with Gasteiger partial charge in [0.05, 0.1) is 0 Å². The van der Waals surface area contributed by atoms with Gasteiger partial charge in [-0.05, 0) is 0 Å². The Labute approximate surface area is 228 Å². The molecule has 2 saturated carbocycles. The van der Waals surface area contributed by atoms with Crippen LogP contribution in [0.4, 0.5) is 0 Å². The summed E-state index contributed by atoms with van der Waals surface area (Å²) in [5.74, 6) is 0. The molecule has 2 fully saturated rings. The number of hydrogen-bond acceptors (Lipinski definition) is 0. The van der Waals surface area contributed by atoms with Crippen molar-refractivity contribution < 1.29 is 17.9 Å². The van der Waals surface area contributed by atoms with Crippen LogP contribution in [-0.2, 0) is 17.9 Å². The van der Waals surface area contributed by atoms with Crippen molar-refractivity contribution in [2.45, 2.75) is 126 Å². The van der Waals surface area contributed by atoms with Crippen LogP contribution in [0.5, 0.6) is 0 Å². The molecule has 2 unspecified atom stereocenters. The molecule has 0 aromatic rings. The second-order valence-corrected chi connectivity index (χ2v) is 30.8. The summed E-state index contributed by atoms with van der Waals surface area (Å²) < 4.78 is -0.426. The van der Waals surface area contributed by atoms with Crippen LogP contribution in [-0.4, -0.2) is 0 Å². The molecular weight excluding hydrogens is 546 g/mol. The average molecular weight is 597 g/mol. The molecule has 0 spiro atoms. The summed E-state index contributed by atoms with van der Waals surface area (Å²) in [4.78, 5) is 0. The maximum absolute atomic E-state index is 7.74. The van der Waals surface area contributed by atoms with E-state index >= 15 is 0 Å². The molecule has 0 nitrogen and oxygen atoms in total. The quantitative estimate of drug-likeness (QED) is 0.303. The molecule has 0 bridgehead atoms. The van der Waals surface area contributed by atoms with Gasteiger partial charge in [-0.25, -0.2) is 0 Å². The fourth-order valence-corrected chi connectivity index (χ4v) is 16.9. The molecule has 4 aliphatic carbocycles. The van der Waals surface area contributed by atoms with Crippen molar-refractivity contribution in [1.82, 2.24) is 0 Å². The molecular formula is C32H50Cl2Zr. The van der Waals surface area contributed by atoms with E-state index in [0.717, 1.165) is 0 Å².